The number of imidazole rings is 1. The van der Waals surface area contributed by atoms with E-state index in [1.165, 1.54) is 11.8 Å². The maximum Gasteiger partial charge on any atom is 0.234 e. The second kappa shape index (κ2) is 9.37. The predicted octanol–water partition coefficient (Wildman–Crippen LogP) is 4.93. The first-order valence-electron chi connectivity index (χ1n) is 9.43. The number of furan rings is 1. The Morgan fingerprint density at radius 2 is 1.90 bits per heavy atom. The highest BCUT2D eigenvalue weighted by molar-refractivity contribution is 7.99. The molecule has 30 heavy (non-hydrogen) atoms. The number of nitrogens with one attached hydrogen (secondary N) is 1. The summed E-state index contributed by atoms with van der Waals surface area (Å²) in [4.78, 5) is 16.9. The van der Waals surface area contributed by atoms with Gasteiger partial charge in [-0.05, 0) is 48.5 Å². The van der Waals surface area contributed by atoms with Gasteiger partial charge in [0.15, 0.2) is 5.16 Å². The van der Waals surface area contributed by atoms with Gasteiger partial charge >= 0.3 is 0 Å². The predicted molar refractivity (Wildman–Crippen MR) is 118 cm³/mol. The molecule has 152 valence electrons. The summed E-state index contributed by atoms with van der Waals surface area (Å²) in [5.74, 6) is 1.79. The number of methoxy groups -OCH3 is 1. The molecule has 1 amide bonds. The van der Waals surface area contributed by atoms with Crippen molar-refractivity contribution in [3.8, 4) is 17.0 Å². The summed E-state index contributed by atoms with van der Waals surface area (Å²) >= 11 is 1.39. The van der Waals surface area contributed by atoms with E-state index in [9.17, 15) is 4.79 Å². The highest BCUT2D eigenvalue weighted by Gasteiger charge is 2.15. The molecule has 0 bridgehead atoms. The number of para-hydroxylation sites is 1. The number of nitrogens with zero attached hydrogens (tertiary/aromatic N) is 2. The molecule has 0 fully saturated rings. The molecule has 0 aliphatic carbocycles. The Balaban J connectivity index is 1.54. The van der Waals surface area contributed by atoms with Gasteiger partial charge in [0.1, 0.15) is 11.5 Å². The van der Waals surface area contributed by atoms with E-state index >= 15 is 0 Å². The van der Waals surface area contributed by atoms with E-state index in [-0.39, 0.29) is 11.7 Å². The van der Waals surface area contributed by atoms with Crippen molar-refractivity contribution in [2.24, 2.45) is 0 Å². The Morgan fingerprint density at radius 3 is 2.60 bits per heavy atom. The third-order valence-electron chi connectivity index (χ3n) is 4.49. The molecule has 2 aromatic carbocycles. The molecule has 0 unspecified atom stereocenters. The molecule has 2 heterocycles. The Bertz CT molecular complexity index is 1090. The Morgan fingerprint density at radius 1 is 1.10 bits per heavy atom. The van der Waals surface area contributed by atoms with E-state index in [1.54, 1.807) is 13.4 Å². The second-order valence-corrected chi connectivity index (χ2v) is 7.47. The third kappa shape index (κ3) is 4.75. The van der Waals surface area contributed by atoms with Crippen LogP contribution in [0.3, 0.4) is 0 Å². The van der Waals surface area contributed by atoms with Crippen LogP contribution in [0.4, 0.5) is 5.69 Å². The zero-order chi connectivity index (χ0) is 20.8. The Kier molecular flexibility index (Phi) is 6.20. The van der Waals surface area contributed by atoms with Crippen LogP contribution >= 0.6 is 11.8 Å². The number of amides is 1. The van der Waals surface area contributed by atoms with Gasteiger partial charge in [0.25, 0.3) is 0 Å². The summed E-state index contributed by atoms with van der Waals surface area (Å²) in [7, 11) is 1.64. The number of carbonyl (C=O) groups is 1. The van der Waals surface area contributed by atoms with E-state index in [0.717, 1.165) is 33.6 Å². The normalized spacial score (nSPS) is 10.7. The van der Waals surface area contributed by atoms with Gasteiger partial charge in [-0.15, -0.1) is 0 Å². The lowest BCUT2D eigenvalue weighted by Crippen LogP contribution is -2.14. The van der Waals surface area contributed by atoms with E-state index in [0.29, 0.717) is 6.54 Å². The zero-order valence-corrected chi connectivity index (χ0v) is 17.3. The number of anilines is 1. The second-order valence-electron chi connectivity index (χ2n) is 6.52. The first-order chi connectivity index (χ1) is 14.7. The van der Waals surface area contributed by atoms with Crippen molar-refractivity contribution in [2.75, 3.05) is 18.2 Å². The molecule has 0 saturated carbocycles. The van der Waals surface area contributed by atoms with Crippen LogP contribution in [0.2, 0.25) is 0 Å². The van der Waals surface area contributed by atoms with Crippen LogP contribution in [0.15, 0.2) is 88.8 Å². The topological polar surface area (TPSA) is 69.3 Å². The van der Waals surface area contributed by atoms with Crippen LogP contribution in [0.25, 0.3) is 11.3 Å². The lowest BCUT2D eigenvalue weighted by Gasteiger charge is -2.11. The van der Waals surface area contributed by atoms with Crippen LogP contribution in [0, 0.1) is 0 Å². The summed E-state index contributed by atoms with van der Waals surface area (Å²) < 4.78 is 12.8. The molecule has 4 rings (SSSR count). The van der Waals surface area contributed by atoms with Gasteiger partial charge in [0.2, 0.25) is 5.91 Å². The van der Waals surface area contributed by atoms with E-state index < -0.39 is 0 Å². The van der Waals surface area contributed by atoms with E-state index in [2.05, 4.69) is 14.9 Å². The molecule has 0 radical (unpaired) electrons. The fourth-order valence-corrected chi connectivity index (χ4v) is 3.80. The monoisotopic (exact) mass is 419 g/mol. The van der Waals surface area contributed by atoms with Crippen LogP contribution in [0.1, 0.15) is 5.76 Å². The van der Waals surface area contributed by atoms with Crippen LogP contribution in [-0.4, -0.2) is 28.3 Å². The van der Waals surface area contributed by atoms with Crippen LogP contribution < -0.4 is 10.1 Å². The zero-order valence-electron chi connectivity index (χ0n) is 16.4. The van der Waals surface area contributed by atoms with Gasteiger partial charge in [-0.1, -0.05) is 30.0 Å². The number of thioether (sulfide) groups is 1. The SMILES string of the molecule is COc1ccc(-c2cnc(SCC(=O)Nc3ccccc3)n2Cc2ccco2)cc1. The number of hydrogen-bond donors (Lipinski definition) is 1. The average Bonchev–Trinajstić information content (AvgIpc) is 3.43. The molecule has 0 saturated heterocycles. The average molecular weight is 420 g/mol. The minimum Gasteiger partial charge on any atom is -0.497 e. The van der Waals surface area contributed by atoms with Crippen molar-refractivity contribution in [1.29, 1.82) is 0 Å². The fourth-order valence-electron chi connectivity index (χ4n) is 3.03. The van der Waals surface area contributed by atoms with Crippen LogP contribution in [-0.2, 0) is 11.3 Å². The minimum absolute atomic E-state index is 0.0789. The number of ether oxygens (including phenoxy) is 1. The maximum atomic E-state index is 12.4. The van der Waals surface area contributed by atoms with Crippen molar-refractivity contribution in [3.63, 3.8) is 0 Å². The fraction of sp³-hybridized carbons (Fsp3) is 0.130. The first kappa shape index (κ1) is 19.8. The summed E-state index contributed by atoms with van der Waals surface area (Å²) in [5, 5.41) is 3.65. The quantitative estimate of drug-likeness (QED) is 0.410. The van der Waals surface area contributed by atoms with Crippen molar-refractivity contribution in [1.82, 2.24) is 9.55 Å². The van der Waals surface area contributed by atoms with Crippen LogP contribution in [0.5, 0.6) is 5.75 Å². The molecule has 0 spiro atoms. The summed E-state index contributed by atoms with van der Waals surface area (Å²) in [6.07, 6.45) is 3.47. The van der Waals surface area contributed by atoms with Crippen molar-refractivity contribution < 1.29 is 13.9 Å². The molecule has 0 atom stereocenters. The standard InChI is InChI=1S/C23H21N3O3S/c1-28-19-11-9-17(10-12-19)21-14-24-23(26(21)15-20-8-5-13-29-20)30-16-22(27)25-18-6-3-2-4-7-18/h2-14H,15-16H2,1H3,(H,25,27). The molecule has 1 N–H and O–H groups in total. The van der Waals surface area contributed by atoms with Crippen molar-refractivity contribution in [3.05, 3.63) is 85.0 Å². The summed E-state index contributed by atoms with van der Waals surface area (Å²) in [6.45, 7) is 0.525. The minimum atomic E-state index is -0.0789. The molecule has 7 heteroatoms. The van der Waals surface area contributed by atoms with Crippen molar-refractivity contribution in [2.45, 2.75) is 11.7 Å². The van der Waals surface area contributed by atoms with Crippen molar-refractivity contribution >= 4 is 23.4 Å². The number of carbonyl (C=O) groups excluding carboxylic acids is 1. The highest BCUT2D eigenvalue weighted by atomic mass is 32.2. The molecule has 2 aromatic heterocycles. The highest BCUT2D eigenvalue weighted by Crippen LogP contribution is 2.28. The summed E-state index contributed by atoms with van der Waals surface area (Å²) in [6, 6.07) is 21.0. The summed E-state index contributed by atoms with van der Waals surface area (Å²) in [5.41, 5.74) is 2.73. The molecule has 6 nitrogen and oxygen atoms in total. The van der Waals surface area contributed by atoms with Gasteiger partial charge in [0.05, 0.1) is 37.6 Å². The maximum absolute atomic E-state index is 12.4. The number of rotatable bonds is 8. The lowest BCUT2D eigenvalue weighted by molar-refractivity contribution is -0.113. The molecule has 4 aromatic rings. The Hall–Kier alpha value is -3.45. The van der Waals surface area contributed by atoms with Gasteiger partial charge in [-0.25, -0.2) is 4.98 Å². The molecule has 0 aliphatic rings. The van der Waals surface area contributed by atoms with E-state index in [1.807, 2.05) is 72.9 Å². The molecule has 0 aliphatic heterocycles. The van der Waals surface area contributed by atoms with Gasteiger partial charge in [-0.2, -0.15) is 0 Å². The molecular weight excluding hydrogens is 398 g/mol. The van der Waals surface area contributed by atoms with E-state index in [4.69, 9.17) is 9.15 Å². The number of hydrogen-bond acceptors (Lipinski definition) is 5. The molecular formula is C23H21N3O3S. The third-order valence-corrected chi connectivity index (χ3v) is 5.48. The van der Waals surface area contributed by atoms with Gasteiger partial charge in [-0.3, -0.25) is 4.79 Å². The first-order valence-corrected chi connectivity index (χ1v) is 10.4. The van der Waals surface area contributed by atoms with Gasteiger partial charge in [0, 0.05) is 11.3 Å². The Labute approximate surface area is 178 Å². The number of aromatic nitrogens is 2. The number of benzene rings is 2. The smallest absolute Gasteiger partial charge is 0.234 e. The largest absolute Gasteiger partial charge is 0.497 e. The lowest BCUT2D eigenvalue weighted by atomic mass is 10.1. The van der Waals surface area contributed by atoms with Gasteiger partial charge < -0.3 is 19.0 Å².